The quantitative estimate of drug-likeness (QED) is 0.599. The van der Waals surface area contributed by atoms with Gasteiger partial charge in [-0.1, -0.05) is 0 Å². The van der Waals surface area contributed by atoms with E-state index in [1.165, 1.54) is 12.1 Å². The van der Waals surface area contributed by atoms with Gasteiger partial charge in [0.1, 0.15) is 11.5 Å². The molecule has 3 rings (SSSR count). The minimum absolute atomic E-state index is 0.326. The maximum atomic E-state index is 12.2. The van der Waals surface area contributed by atoms with Gasteiger partial charge in [0, 0.05) is 31.0 Å². The number of hydrogen-bond acceptors (Lipinski definition) is 5. The van der Waals surface area contributed by atoms with Crippen molar-refractivity contribution in [3.8, 4) is 11.5 Å². The molecular formula is C21H24F3N3O4. The minimum atomic E-state index is -4.76. The Kier molecular flexibility index (Phi) is 7.96. The first kappa shape index (κ1) is 22.7. The summed E-state index contributed by atoms with van der Waals surface area (Å²) < 4.78 is 51.3. The van der Waals surface area contributed by atoms with Crippen LogP contribution in [0.4, 0.5) is 29.3 Å². The Morgan fingerprint density at radius 2 is 1.48 bits per heavy atom. The molecule has 1 aliphatic heterocycles. The van der Waals surface area contributed by atoms with Gasteiger partial charge in [0.15, 0.2) is 0 Å². The zero-order valence-electron chi connectivity index (χ0n) is 16.8. The number of alkyl halides is 3. The molecule has 0 atom stereocenters. The number of carbonyl (C=O) groups excluding carboxylic acids is 1. The van der Waals surface area contributed by atoms with Crippen LogP contribution >= 0.6 is 0 Å². The SMILES string of the molecule is O=C(Nc1ccc(OCCCN2CCOCC2)cc1)Nc1ccc(OC(F)(F)F)cc1. The fourth-order valence-corrected chi connectivity index (χ4v) is 2.97. The number of nitrogens with one attached hydrogen (secondary N) is 2. The van der Waals surface area contributed by atoms with Crippen LogP contribution in [0.3, 0.4) is 0 Å². The van der Waals surface area contributed by atoms with Crippen LogP contribution in [-0.4, -0.2) is 56.7 Å². The Bertz CT molecular complexity index is 823. The molecule has 2 amide bonds. The molecule has 0 bridgehead atoms. The summed E-state index contributed by atoms with van der Waals surface area (Å²) in [7, 11) is 0. The van der Waals surface area contributed by atoms with Crippen molar-refractivity contribution in [1.29, 1.82) is 0 Å². The Morgan fingerprint density at radius 3 is 2.03 bits per heavy atom. The Morgan fingerprint density at radius 1 is 0.935 bits per heavy atom. The van der Waals surface area contributed by atoms with E-state index in [4.69, 9.17) is 9.47 Å². The maximum absolute atomic E-state index is 12.2. The average molecular weight is 439 g/mol. The van der Waals surface area contributed by atoms with E-state index in [2.05, 4.69) is 20.3 Å². The molecule has 0 saturated carbocycles. The molecule has 0 unspecified atom stereocenters. The van der Waals surface area contributed by atoms with Crippen LogP contribution < -0.4 is 20.1 Å². The van der Waals surface area contributed by atoms with Gasteiger partial charge in [-0.25, -0.2) is 4.79 Å². The monoisotopic (exact) mass is 439 g/mol. The highest BCUT2D eigenvalue weighted by Crippen LogP contribution is 2.24. The average Bonchev–Trinajstić information content (AvgIpc) is 2.73. The molecule has 0 spiro atoms. The number of rotatable bonds is 8. The fourth-order valence-electron chi connectivity index (χ4n) is 2.97. The molecule has 168 valence electrons. The van der Waals surface area contributed by atoms with Crippen molar-refractivity contribution in [3.63, 3.8) is 0 Å². The Labute approximate surface area is 178 Å². The minimum Gasteiger partial charge on any atom is -0.494 e. The summed E-state index contributed by atoms with van der Waals surface area (Å²) in [5.74, 6) is 0.340. The number of urea groups is 1. The summed E-state index contributed by atoms with van der Waals surface area (Å²) >= 11 is 0. The van der Waals surface area contributed by atoms with Gasteiger partial charge in [-0.2, -0.15) is 0 Å². The third-order valence-electron chi connectivity index (χ3n) is 4.45. The number of benzene rings is 2. The van der Waals surface area contributed by atoms with Crippen molar-refractivity contribution >= 4 is 17.4 Å². The molecule has 1 saturated heterocycles. The topological polar surface area (TPSA) is 72.1 Å². The van der Waals surface area contributed by atoms with Gasteiger partial charge >= 0.3 is 12.4 Å². The van der Waals surface area contributed by atoms with E-state index in [1.807, 2.05) is 0 Å². The molecule has 0 aliphatic carbocycles. The molecule has 0 radical (unpaired) electrons. The van der Waals surface area contributed by atoms with Gasteiger partial charge in [-0.3, -0.25) is 4.90 Å². The van der Waals surface area contributed by atoms with Crippen LogP contribution in [0.5, 0.6) is 11.5 Å². The summed E-state index contributed by atoms with van der Waals surface area (Å²) in [6, 6.07) is 11.3. The molecule has 2 N–H and O–H groups in total. The number of morpholine rings is 1. The van der Waals surface area contributed by atoms with Crippen molar-refractivity contribution in [2.75, 3.05) is 50.1 Å². The van der Waals surface area contributed by atoms with Crippen molar-refractivity contribution in [2.24, 2.45) is 0 Å². The normalized spacial score (nSPS) is 14.7. The van der Waals surface area contributed by atoms with Gasteiger partial charge in [0.2, 0.25) is 0 Å². The standard InChI is InChI=1S/C21H24F3N3O4/c22-21(23,24)31-19-8-4-17(5-9-19)26-20(28)25-16-2-6-18(7-3-16)30-13-1-10-27-11-14-29-15-12-27/h2-9H,1,10-15H2,(H2,25,26,28). The second-order valence-electron chi connectivity index (χ2n) is 6.83. The molecule has 1 heterocycles. The fraction of sp³-hybridized carbons (Fsp3) is 0.381. The lowest BCUT2D eigenvalue weighted by Gasteiger charge is -2.26. The third kappa shape index (κ3) is 8.35. The van der Waals surface area contributed by atoms with Crippen molar-refractivity contribution in [2.45, 2.75) is 12.8 Å². The molecule has 31 heavy (non-hydrogen) atoms. The van der Waals surface area contributed by atoms with Gasteiger partial charge in [0.25, 0.3) is 0 Å². The van der Waals surface area contributed by atoms with E-state index < -0.39 is 12.4 Å². The lowest BCUT2D eigenvalue weighted by molar-refractivity contribution is -0.274. The summed E-state index contributed by atoms with van der Waals surface area (Å²) in [5.41, 5.74) is 0.877. The van der Waals surface area contributed by atoms with Gasteiger partial charge in [-0.15, -0.1) is 13.2 Å². The molecule has 7 nitrogen and oxygen atoms in total. The van der Waals surface area contributed by atoms with Gasteiger partial charge in [-0.05, 0) is 55.0 Å². The van der Waals surface area contributed by atoms with E-state index in [0.717, 1.165) is 51.4 Å². The van der Waals surface area contributed by atoms with Crippen LogP contribution in [0.2, 0.25) is 0 Å². The van der Waals surface area contributed by atoms with E-state index in [0.29, 0.717) is 23.7 Å². The number of carbonyl (C=O) groups is 1. The Balaban J connectivity index is 1.38. The van der Waals surface area contributed by atoms with E-state index >= 15 is 0 Å². The highest BCUT2D eigenvalue weighted by molar-refractivity contribution is 5.99. The van der Waals surface area contributed by atoms with E-state index in [1.54, 1.807) is 24.3 Å². The smallest absolute Gasteiger partial charge is 0.494 e. The third-order valence-corrected chi connectivity index (χ3v) is 4.45. The van der Waals surface area contributed by atoms with Crippen LogP contribution in [0.15, 0.2) is 48.5 Å². The first-order chi connectivity index (χ1) is 14.9. The van der Waals surface area contributed by atoms with Crippen LogP contribution in [0.25, 0.3) is 0 Å². The second kappa shape index (κ2) is 10.9. The lowest BCUT2D eigenvalue weighted by Crippen LogP contribution is -2.37. The number of halogens is 3. The lowest BCUT2D eigenvalue weighted by atomic mass is 10.3. The number of amides is 2. The number of ether oxygens (including phenoxy) is 3. The van der Waals surface area contributed by atoms with E-state index in [9.17, 15) is 18.0 Å². The number of nitrogens with zero attached hydrogens (tertiary/aromatic N) is 1. The summed E-state index contributed by atoms with van der Waals surface area (Å²) in [6.45, 7) is 5.02. The zero-order valence-corrected chi connectivity index (χ0v) is 16.8. The number of anilines is 2. The van der Waals surface area contributed by atoms with Crippen LogP contribution in [0, 0.1) is 0 Å². The predicted molar refractivity (Wildman–Crippen MR) is 110 cm³/mol. The van der Waals surface area contributed by atoms with E-state index in [-0.39, 0.29) is 5.75 Å². The first-order valence-corrected chi connectivity index (χ1v) is 9.84. The number of hydrogen-bond donors (Lipinski definition) is 2. The van der Waals surface area contributed by atoms with Crippen molar-refractivity contribution in [3.05, 3.63) is 48.5 Å². The summed E-state index contributed by atoms with van der Waals surface area (Å²) in [4.78, 5) is 14.4. The van der Waals surface area contributed by atoms with Crippen molar-refractivity contribution in [1.82, 2.24) is 4.90 Å². The maximum Gasteiger partial charge on any atom is 0.573 e. The van der Waals surface area contributed by atoms with Crippen LogP contribution in [0.1, 0.15) is 6.42 Å². The first-order valence-electron chi connectivity index (χ1n) is 9.84. The van der Waals surface area contributed by atoms with Gasteiger partial charge < -0.3 is 24.8 Å². The molecule has 0 aromatic heterocycles. The van der Waals surface area contributed by atoms with Gasteiger partial charge in [0.05, 0.1) is 19.8 Å². The second-order valence-corrected chi connectivity index (χ2v) is 6.83. The van der Waals surface area contributed by atoms with Crippen LogP contribution in [-0.2, 0) is 4.74 Å². The molecule has 2 aromatic rings. The highest BCUT2D eigenvalue weighted by atomic mass is 19.4. The largest absolute Gasteiger partial charge is 0.573 e. The zero-order chi connectivity index (χ0) is 22.1. The molecular weight excluding hydrogens is 415 g/mol. The molecule has 2 aromatic carbocycles. The Hall–Kier alpha value is -2.98. The highest BCUT2D eigenvalue weighted by Gasteiger charge is 2.30. The summed E-state index contributed by atoms with van der Waals surface area (Å²) in [5, 5.41) is 5.18. The molecule has 1 fully saturated rings. The predicted octanol–water partition coefficient (Wildman–Crippen LogP) is 4.33. The molecule has 1 aliphatic rings. The van der Waals surface area contributed by atoms with Crippen molar-refractivity contribution < 1.29 is 32.2 Å². The summed E-state index contributed by atoms with van der Waals surface area (Å²) in [6.07, 6.45) is -3.85. The molecule has 10 heteroatoms.